The molecule has 0 saturated carbocycles. The highest BCUT2D eigenvalue weighted by molar-refractivity contribution is 9.10. The molecule has 0 spiro atoms. The van der Waals surface area contributed by atoms with Gasteiger partial charge < -0.3 is 9.47 Å². The van der Waals surface area contributed by atoms with Crippen LogP contribution in [-0.2, 0) is 11.4 Å². The van der Waals surface area contributed by atoms with Crippen molar-refractivity contribution in [3.8, 4) is 11.5 Å². The number of hydrogen-bond acceptors (Lipinski definition) is 4. The summed E-state index contributed by atoms with van der Waals surface area (Å²) in [6.07, 6.45) is 0.830. The van der Waals surface area contributed by atoms with Gasteiger partial charge in [-0.3, -0.25) is 4.79 Å². The van der Waals surface area contributed by atoms with E-state index in [2.05, 4.69) is 26.5 Å². The quantitative estimate of drug-likeness (QED) is 0.332. The van der Waals surface area contributed by atoms with Gasteiger partial charge in [-0.1, -0.05) is 57.9 Å². The molecule has 30 heavy (non-hydrogen) atoms. The number of nitrogens with zero attached hydrogens (tertiary/aromatic N) is 1. The number of benzene rings is 3. The molecule has 1 amide bonds. The van der Waals surface area contributed by atoms with Gasteiger partial charge in [0.05, 0.1) is 6.21 Å². The van der Waals surface area contributed by atoms with E-state index in [0.29, 0.717) is 23.1 Å². The van der Waals surface area contributed by atoms with Crippen LogP contribution < -0.4 is 14.9 Å². The number of ether oxygens (including phenoxy) is 2. The molecule has 3 aromatic carbocycles. The Hall–Kier alpha value is -2.83. The molecule has 0 radical (unpaired) electrons. The Labute approximate surface area is 188 Å². The normalized spacial score (nSPS) is 11.8. The third-order valence-corrected chi connectivity index (χ3v) is 4.75. The molecule has 1 atom stereocenters. The fourth-order valence-electron chi connectivity index (χ4n) is 2.54. The topological polar surface area (TPSA) is 59.9 Å². The SMILES string of the molecule is C[C@@H](Oc1cccc(Cl)c1)C(=O)NN=Cc1cccc(OCc2cccc(Br)c2)c1. The summed E-state index contributed by atoms with van der Waals surface area (Å²) in [7, 11) is 0. The average molecular weight is 488 g/mol. The van der Waals surface area contributed by atoms with Crippen LogP contribution in [0.25, 0.3) is 0 Å². The number of rotatable bonds is 8. The van der Waals surface area contributed by atoms with Gasteiger partial charge in [-0.25, -0.2) is 5.43 Å². The van der Waals surface area contributed by atoms with Crippen LogP contribution in [0.5, 0.6) is 11.5 Å². The number of carbonyl (C=O) groups excluding carboxylic acids is 1. The average Bonchev–Trinajstić information content (AvgIpc) is 2.72. The fraction of sp³-hybridized carbons (Fsp3) is 0.130. The summed E-state index contributed by atoms with van der Waals surface area (Å²) < 4.78 is 12.4. The lowest BCUT2D eigenvalue weighted by Crippen LogP contribution is -2.33. The summed E-state index contributed by atoms with van der Waals surface area (Å²) in [5, 5.41) is 4.54. The van der Waals surface area contributed by atoms with E-state index in [1.54, 1.807) is 37.4 Å². The molecule has 3 aromatic rings. The van der Waals surface area contributed by atoms with Crippen LogP contribution in [0.15, 0.2) is 82.4 Å². The van der Waals surface area contributed by atoms with Crippen LogP contribution >= 0.6 is 27.5 Å². The minimum atomic E-state index is -0.722. The number of hydrazone groups is 1. The highest BCUT2D eigenvalue weighted by Crippen LogP contribution is 2.19. The standard InChI is InChI=1S/C23H20BrClN2O3/c1-16(30-22-10-4-8-20(25)13-22)23(28)27-26-14-17-5-3-9-21(12-17)29-15-18-6-2-7-19(24)11-18/h2-14,16H,15H2,1H3,(H,27,28)/t16-/m1/s1. The zero-order valence-corrected chi connectivity index (χ0v) is 18.6. The molecular formula is C23H20BrClN2O3. The zero-order chi connectivity index (χ0) is 21.3. The molecule has 0 bridgehead atoms. The second-order valence-electron chi connectivity index (χ2n) is 6.44. The highest BCUT2D eigenvalue weighted by Gasteiger charge is 2.13. The molecule has 1 N–H and O–H groups in total. The van der Waals surface area contributed by atoms with Crippen molar-refractivity contribution in [3.63, 3.8) is 0 Å². The molecule has 0 saturated heterocycles. The lowest BCUT2D eigenvalue weighted by molar-refractivity contribution is -0.127. The Balaban J connectivity index is 1.51. The van der Waals surface area contributed by atoms with Crippen molar-refractivity contribution in [2.24, 2.45) is 5.10 Å². The molecule has 0 aliphatic rings. The van der Waals surface area contributed by atoms with Gasteiger partial charge in [-0.05, 0) is 60.5 Å². The molecule has 154 valence electrons. The maximum absolute atomic E-state index is 12.2. The van der Waals surface area contributed by atoms with Gasteiger partial charge >= 0.3 is 0 Å². The number of nitrogens with one attached hydrogen (secondary N) is 1. The monoisotopic (exact) mass is 486 g/mol. The van der Waals surface area contributed by atoms with E-state index in [-0.39, 0.29) is 5.91 Å². The van der Waals surface area contributed by atoms with E-state index in [0.717, 1.165) is 15.6 Å². The second kappa shape index (κ2) is 10.8. The maximum atomic E-state index is 12.2. The van der Waals surface area contributed by atoms with Crippen LogP contribution in [0.4, 0.5) is 0 Å². The van der Waals surface area contributed by atoms with Gasteiger partial charge in [-0.2, -0.15) is 5.10 Å². The minimum absolute atomic E-state index is 0.367. The Bertz CT molecular complexity index is 1040. The molecule has 0 aliphatic carbocycles. The second-order valence-corrected chi connectivity index (χ2v) is 7.79. The molecule has 3 rings (SSSR count). The number of carbonyl (C=O) groups is 1. The van der Waals surface area contributed by atoms with Crippen molar-refractivity contribution in [2.75, 3.05) is 0 Å². The van der Waals surface area contributed by atoms with E-state index < -0.39 is 6.10 Å². The van der Waals surface area contributed by atoms with E-state index in [1.807, 2.05) is 48.5 Å². The molecule has 5 nitrogen and oxygen atoms in total. The third kappa shape index (κ3) is 6.90. The zero-order valence-electron chi connectivity index (χ0n) is 16.2. The van der Waals surface area contributed by atoms with E-state index in [4.69, 9.17) is 21.1 Å². The first-order chi connectivity index (χ1) is 14.5. The van der Waals surface area contributed by atoms with Crippen molar-refractivity contribution >= 4 is 39.7 Å². The summed E-state index contributed by atoms with van der Waals surface area (Å²) in [6, 6.07) is 22.3. The maximum Gasteiger partial charge on any atom is 0.280 e. The fourth-order valence-corrected chi connectivity index (χ4v) is 3.16. The number of hydrogen-bond donors (Lipinski definition) is 1. The molecule has 0 unspecified atom stereocenters. The van der Waals surface area contributed by atoms with Gasteiger partial charge in [0.15, 0.2) is 6.10 Å². The predicted molar refractivity (Wildman–Crippen MR) is 122 cm³/mol. The summed E-state index contributed by atoms with van der Waals surface area (Å²) >= 11 is 9.37. The van der Waals surface area contributed by atoms with Crippen LogP contribution in [0.2, 0.25) is 5.02 Å². The van der Waals surface area contributed by atoms with Gasteiger partial charge in [0, 0.05) is 9.50 Å². The molecule has 0 fully saturated rings. The Morgan fingerprint density at radius 1 is 1.10 bits per heavy atom. The third-order valence-electron chi connectivity index (χ3n) is 4.02. The van der Waals surface area contributed by atoms with Gasteiger partial charge in [0.25, 0.3) is 5.91 Å². The molecule has 0 aliphatic heterocycles. The van der Waals surface area contributed by atoms with Crippen molar-refractivity contribution in [2.45, 2.75) is 19.6 Å². The largest absolute Gasteiger partial charge is 0.489 e. The molecular weight excluding hydrogens is 468 g/mol. The van der Waals surface area contributed by atoms with Crippen molar-refractivity contribution in [3.05, 3.63) is 93.4 Å². The number of amides is 1. The van der Waals surface area contributed by atoms with E-state index in [9.17, 15) is 4.79 Å². The Morgan fingerprint density at radius 3 is 2.67 bits per heavy atom. The summed E-state index contributed by atoms with van der Waals surface area (Å²) in [4.78, 5) is 12.2. The first-order valence-corrected chi connectivity index (χ1v) is 10.4. The van der Waals surface area contributed by atoms with Crippen molar-refractivity contribution < 1.29 is 14.3 Å². The number of halogens is 2. The first kappa shape index (κ1) is 21.9. The summed E-state index contributed by atoms with van der Waals surface area (Å²) in [6.45, 7) is 2.09. The molecule has 7 heteroatoms. The van der Waals surface area contributed by atoms with Crippen LogP contribution in [-0.4, -0.2) is 18.2 Å². The predicted octanol–water partition coefficient (Wildman–Crippen LogP) is 5.60. The van der Waals surface area contributed by atoms with Crippen molar-refractivity contribution in [1.29, 1.82) is 0 Å². The van der Waals surface area contributed by atoms with Gasteiger partial charge in [-0.15, -0.1) is 0 Å². The molecule has 0 aromatic heterocycles. The van der Waals surface area contributed by atoms with E-state index in [1.165, 1.54) is 0 Å². The van der Waals surface area contributed by atoms with Gasteiger partial charge in [0.2, 0.25) is 0 Å². The van der Waals surface area contributed by atoms with Crippen LogP contribution in [0.1, 0.15) is 18.1 Å². The van der Waals surface area contributed by atoms with Crippen molar-refractivity contribution in [1.82, 2.24) is 5.43 Å². The lowest BCUT2D eigenvalue weighted by atomic mass is 10.2. The Kier molecular flexibility index (Phi) is 7.88. The van der Waals surface area contributed by atoms with E-state index >= 15 is 0 Å². The highest BCUT2D eigenvalue weighted by atomic mass is 79.9. The van der Waals surface area contributed by atoms with Crippen LogP contribution in [0.3, 0.4) is 0 Å². The lowest BCUT2D eigenvalue weighted by Gasteiger charge is -2.13. The summed E-state index contributed by atoms with van der Waals surface area (Å²) in [5.74, 6) is 0.862. The molecule has 0 heterocycles. The summed E-state index contributed by atoms with van der Waals surface area (Å²) in [5.41, 5.74) is 4.33. The smallest absolute Gasteiger partial charge is 0.280 e. The van der Waals surface area contributed by atoms with Gasteiger partial charge in [0.1, 0.15) is 18.1 Å². The van der Waals surface area contributed by atoms with Crippen LogP contribution in [0, 0.1) is 0 Å². The first-order valence-electron chi connectivity index (χ1n) is 9.22. The Morgan fingerprint density at radius 2 is 1.87 bits per heavy atom. The minimum Gasteiger partial charge on any atom is -0.489 e.